The molecule has 2 rings (SSSR count). The van der Waals surface area contributed by atoms with Gasteiger partial charge in [0.1, 0.15) is 0 Å². The molecule has 0 fully saturated rings. The predicted molar refractivity (Wildman–Crippen MR) is 105 cm³/mol. The van der Waals surface area contributed by atoms with Crippen molar-refractivity contribution in [1.29, 1.82) is 0 Å². The number of ether oxygens (including phenoxy) is 1. The first kappa shape index (κ1) is 20.2. The number of Topliss-reactive ketones (excluding diaryl/α,β-unsaturated/α-hetero) is 1. The third-order valence-electron chi connectivity index (χ3n) is 3.88. The van der Waals surface area contributed by atoms with Gasteiger partial charge in [-0.2, -0.15) is 0 Å². The van der Waals surface area contributed by atoms with E-state index >= 15 is 0 Å². The van der Waals surface area contributed by atoms with Crippen LogP contribution >= 0.6 is 0 Å². The molecule has 0 saturated heterocycles. The molecule has 6 heteroatoms. The van der Waals surface area contributed by atoms with Crippen molar-refractivity contribution in [2.45, 2.75) is 26.7 Å². The maximum absolute atomic E-state index is 12.3. The van der Waals surface area contributed by atoms with Crippen molar-refractivity contribution >= 4 is 29.0 Å². The average molecular weight is 368 g/mol. The van der Waals surface area contributed by atoms with E-state index in [0.29, 0.717) is 22.5 Å². The van der Waals surface area contributed by atoms with Crippen LogP contribution in [0.2, 0.25) is 0 Å². The lowest BCUT2D eigenvalue weighted by molar-refractivity contribution is -0.119. The molecule has 0 saturated carbocycles. The summed E-state index contributed by atoms with van der Waals surface area (Å²) in [5.41, 5.74) is 2.05. The van der Waals surface area contributed by atoms with Crippen LogP contribution in [0.4, 0.5) is 11.4 Å². The number of hydrogen-bond donors (Lipinski definition) is 2. The zero-order chi connectivity index (χ0) is 19.6. The van der Waals surface area contributed by atoms with Crippen LogP contribution in [-0.2, 0) is 9.53 Å². The smallest absolute Gasteiger partial charge is 0.340 e. The maximum atomic E-state index is 12.3. The summed E-state index contributed by atoms with van der Waals surface area (Å²) in [5.74, 6) is -1.13. The van der Waals surface area contributed by atoms with E-state index < -0.39 is 18.5 Å². The molecule has 0 bridgehead atoms. The molecule has 142 valence electrons. The van der Waals surface area contributed by atoms with Gasteiger partial charge in [-0.1, -0.05) is 37.6 Å². The summed E-state index contributed by atoms with van der Waals surface area (Å²) in [4.78, 5) is 35.7. The molecule has 0 aromatic heterocycles. The summed E-state index contributed by atoms with van der Waals surface area (Å²) in [6, 6.07) is 13.6. The molecule has 2 aromatic rings. The molecular formula is C21H24N2O4. The Labute approximate surface area is 158 Å². The number of carbonyl (C=O) groups excluding carboxylic acids is 3. The van der Waals surface area contributed by atoms with E-state index in [4.69, 9.17) is 4.74 Å². The van der Waals surface area contributed by atoms with Gasteiger partial charge in [0.25, 0.3) is 5.91 Å². The van der Waals surface area contributed by atoms with Crippen LogP contribution in [0.5, 0.6) is 0 Å². The fourth-order valence-electron chi connectivity index (χ4n) is 2.44. The topological polar surface area (TPSA) is 84.5 Å². The molecule has 0 aliphatic rings. The van der Waals surface area contributed by atoms with Gasteiger partial charge in [-0.3, -0.25) is 9.59 Å². The highest BCUT2D eigenvalue weighted by Gasteiger charge is 2.14. The number of para-hydroxylation sites is 1. The van der Waals surface area contributed by atoms with Crippen molar-refractivity contribution in [3.63, 3.8) is 0 Å². The van der Waals surface area contributed by atoms with Crippen LogP contribution in [0.1, 0.15) is 47.4 Å². The minimum Gasteiger partial charge on any atom is -0.452 e. The van der Waals surface area contributed by atoms with E-state index in [1.807, 2.05) is 6.07 Å². The molecule has 0 spiro atoms. The normalized spacial score (nSPS) is 10.1. The fourth-order valence-corrected chi connectivity index (χ4v) is 2.44. The van der Waals surface area contributed by atoms with Crippen LogP contribution in [-0.4, -0.2) is 30.8 Å². The third-order valence-corrected chi connectivity index (χ3v) is 3.88. The van der Waals surface area contributed by atoms with Gasteiger partial charge < -0.3 is 15.4 Å². The maximum Gasteiger partial charge on any atom is 0.340 e. The molecule has 0 heterocycles. The SMILES string of the molecule is CCCCNc1ccccc1C(=O)OCC(=O)Nc1cccc(C(C)=O)c1. The molecule has 0 radical (unpaired) electrons. The Kier molecular flexibility index (Phi) is 7.55. The zero-order valence-corrected chi connectivity index (χ0v) is 15.6. The molecule has 0 atom stereocenters. The molecule has 27 heavy (non-hydrogen) atoms. The van der Waals surface area contributed by atoms with E-state index in [-0.39, 0.29) is 5.78 Å². The second kappa shape index (κ2) is 10.1. The van der Waals surface area contributed by atoms with Gasteiger partial charge in [-0.05, 0) is 37.6 Å². The molecule has 0 aliphatic carbocycles. The predicted octanol–water partition coefficient (Wildman–Crippen LogP) is 3.90. The summed E-state index contributed by atoms with van der Waals surface area (Å²) in [6.45, 7) is 3.89. The number of ketones is 1. The molecule has 0 unspecified atom stereocenters. The number of hydrogen-bond acceptors (Lipinski definition) is 5. The highest BCUT2D eigenvalue weighted by molar-refractivity contribution is 5.99. The summed E-state index contributed by atoms with van der Waals surface area (Å²) in [5, 5.41) is 5.82. The molecule has 0 aliphatic heterocycles. The van der Waals surface area contributed by atoms with Crippen LogP contribution < -0.4 is 10.6 Å². The molecule has 2 aromatic carbocycles. The summed E-state index contributed by atoms with van der Waals surface area (Å²) < 4.78 is 5.13. The number of rotatable bonds is 9. The zero-order valence-electron chi connectivity index (χ0n) is 15.6. The number of esters is 1. The summed E-state index contributed by atoms with van der Waals surface area (Å²) >= 11 is 0. The lowest BCUT2D eigenvalue weighted by Crippen LogP contribution is -2.21. The van der Waals surface area contributed by atoms with Crippen LogP contribution in [0.3, 0.4) is 0 Å². The number of carbonyl (C=O) groups is 3. The summed E-state index contributed by atoms with van der Waals surface area (Å²) in [6.07, 6.45) is 2.04. The van der Waals surface area contributed by atoms with E-state index in [1.165, 1.54) is 6.92 Å². The van der Waals surface area contributed by atoms with Gasteiger partial charge >= 0.3 is 5.97 Å². The first-order valence-corrected chi connectivity index (χ1v) is 8.92. The van der Waals surface area contributed by atoms with Crippen molar-refractivity contribution in [1.82, 2.24) is 0 Å². The Bertz CT molecular complexity index is 817. The first-order chi connectivity index (χ1) is 13.0. The Morgan fingerprint density at radius 1 is 1.04 bits per heavy atom. The Balaban J connectivity index is 1.92. The van der Waals surface area contributed by atoms with Gasteiger partial charge in [-0.15, -0.1) is 0 Å². The summed E-state index contributed by atoms with van der Waals surface area (Å²) in [7, 11) is 0. The number of unbranched alkanes of at least 4 members (excludes halogenated alkanes) is 1. The monoisotopic (exact) mass is 368 g/mol. The number of amides is 1. The third kappa shape index (κ3) is 6.26. The second-order valence-electron chi connectivity index (χ2n) is 6.09. The number of anilines is 2. The largest absolute Gasteiger partial charge is 0.452 e. The van der Waals surface area contributed by atoms with Gasteiger partial charge in [0.05, 0.1) is 5.56 Å². The van der Waals surface area contributed by atoms with Crippen molar-refractivity contribution in [3.8, 4) is 0 Å². The highest BCUT2D eigenvalue weighted by atomic mass is 16.5. The number of nitrogens with one attached hydrogen (secondary N) is 2. The molecule has 1 amide bonds. The highest BCUT2D eigenvalue weighted by Crippen LogP contribution is 2.16. The molecular weight excluding hydrogens is 344 g/mol. The minimum atomic E-state index is -0.567. The minimum absolute atomic E-state index is 0.0929. The van der Waals surface area contributed by atoms with Gasteiger partial charge in [-0.25, -0.2) is 4.79 Å². The quantitative estimate of drug-likeness (QED) is 0.398. The van der Waals surface area contributed by atoms with E-state index in [0.717, 1.165) is 19.4 Å². The lowest BCUT2D eigenvalue weighted by atomic mass is 10.1. The standard InChI is InChI=1S/C21H24N2O4/c1-3-4-12-22-19-11-6-5-10-18(19)21(26)27-14-20(25)23-17-9-7-8-16(13-17)15(2)24/h5-11,13,22H,3-4,12,14H2,1-2H3,(H,23,25). The number of benzene rings is 2. The van der Waals surface area contributed by atoms with Gasteiger partial charge in [0.15, 0.2) is 12.4 Å². The second-order valence-corrected chi connectivity index (χ2v) is 6.09. The van der Waals surface area contributed by atoms with Crippen molar-refractivity contribution in [2.24, 2.45) is 0 Å². The lowest BCUT2D eigenvalue weighted by Gasteiger charge is -2.11. The van der Waals surface area contributed by atoms with E-state index in [1.54, 1.807) is 42.5 Å². The van der Waals surface area contributed by atoms with E-state index in [2.05, 4.69) is 17.6 Å². The Morgan fingerprint density at radius 3 is 2.56 bits per heavy atom. The Morgan fingerprint density at radius 2 is 1.81 bits per heavy atom. The van der Waals surface area contributed by atoms with Crippen LogP contribution in [0.25, 0.3) is 0 Å². The van der Waals surface area contributed by atoms with Crippen LogP contribution in [0, 0.1) is 0 Å². The van der Waals surface area contributed by atoms with Crippen molar-refractivity contribution in [3.05, 3.63) is 59.7 Å². The van der Waals surface area contributed by atoms with Gasteiger partial charge in [0, 0.05) is 23.5 Å². The van der Waals surface area contributed by atoms with Crippen molar-refractivity contribution in [2.75, 3.05) is 23.8 Å². The van der Waals surface area contributed by atoms with Crippen molar-refractivity contribution < 1.29 is 19.1 Å². The Hall–Kier alpha value is -3.15. The van der Waals surface area contributed by atoms with Gasteiger partial charge in [0.2, 0.25) is 0 Å². The van der Waals surface area contributed by atoms with E-state index in [9.17, 15) is 14.4 Å². The average Bonchev–Trinajstić information content (AvgIpc) is 2.67. The molecule has 6 nitrogen and oxygen atoms in total. The first-order valence-electron chi connectivity index (χ1n) is 8.92. The van der Waals surface area contributed by atoms with Crippen LogP contribution in [0.15, 0.2) is 48.5 Å². The molecule has 2 N–H and O–H groups in total. The fraction of sp³-hybridized carbons (Fsp3) is 0.286.